The number of hydrogen-bond acceptors (Lipinski definition) is 4. The molecule has 0 aromatic heterocycles. The molecular formula is C17H23NO5. The Morgan fingerprint density at radius 2 is 1.96 bits per heavy atom. The lowest BCUT2D eigenvalue weighted by atomic mass is 10.1. The predicted molar refractivity (Wildman–Crippen MR) is 84.5 cm³/mol. The second-order valence-electron chi connectivity index (χ2n) is 5.70. The number of likely N-dealkylation sites (tertiary alicyclic amines) is 1. The summed E-state index contributed by atoms with van der Waals surface area (Å²) in [5, 5.41) is 9.24. The quantitative estimate of drug-likeness (QED) is 0.827. The summed E-state index contributed by atoms with van der Waals surface area (Å²) in [6, 6.07) is 6.96. The van der Waals surface area contributed by atoms with Gasteiger partial charge in [-0.1, -0.05) is 12.1 Å². The Kier molecular flexibility index (Phi) is 5.98. The maximum absolute atomic E-state index is 12.3. The van der Waals surface area contributed by atoms with Crippen LogP contribution in [0.2, 0.25) is 0 Å². The standard InChI is InChI=1S/C17H23NO5/c1-22-13-8-6-12(7-9-13)4-3-5-16(19)18-11-14(23-2)10-15(18)17(20)21/h6-9,14-15H,3-5,10-11H2,1-2H3,(H,20,21). The van der Waals surface area contributed by atoms with Crippen molar-refractivity contribution in [3.05, 3.63) is 29.8 Å². The van der Waals surface area contributed by atoms with Crippen molar-refractivity contribution in [1.29, 1.82) is 0 Å². The summed E-state index contributed by atoms with van der Waals surface area (Å²) < 4.78 is 10.3. The van der Waals surface area contributed by atoms with Crippen molar-refractivity contribution in [3.63, 3.8) is 0 Å². The zero-order valence-electron chi connectivity index (χ0n) is 13.5. The Bertz CT molecular complexity index is 542. The molecule has 0 radical (unpaired) electrons. The van der Waals surface area contributed by atoms with Crippen molar-refractivity contribution < 1.29 is 24.2 Å². The second kappa shape index (κ2) is 7.97. The molecule has 2 rings (SSSR count). The molecular weight excluding hydrogens is 298 g/mol. The molecule has 0 spiro atoms. The summed E-state index contributed by atoms with van der Waals surface area (Å²) in [7, 11) is 3.16. The van der Waals surface area contributed by atoms with Crippen LogP contribution in [0.4, 0.5) is 0 Å². The molecule has 23 heavy (non-hydrogen) atoms. The predicted octanol–water partition coefficient (Wildman–Crippen LogP) is 1.72. The summed E-state index contributed by atoms with van der Waals surface area (Å²) in [5.74, 6) is -0.282. The number of carbonyl (C=O) groups excluding carboxylic acids is 1. The molecule has 1 aromatic rings. The van der Waals surface area contributed by atoms with Crippen LogP contribution in [0.3, 0.4) is 0 Å². The van der Waals surface area contributed by atoms with Crippen LogP contribution in [-0.2, 0) is 20.7 Å². The Morgan fingerprint density at radius 1 is 1.26 bits per heavy atom. The van der Waals surface area contributed by atoms with Gasteiger partial charge in [0.25, 0.3) is 0 Å². The van der Waals surface area contributed by atoms with Gasteiger partial charge in [0.15, 0.2) is 0 Å². The van der Waals surface area contributed by atoms with E-state index in [-0.39, 0.29) is 12.0 Å². The number of rotatable bonds is 7. The highest BCUT2D eigenvalue weighted by molar-refractivity contribution is 5.84. The third-order valence-electron chi connectivity index (χ3n) is 4.22. The number of benzene rings is 1. The molecule has 1 amide bonds. The van der Waals surface area contributed by atoms with Gasteiger partial charge in [0.1, 0.15) is 11.8 Å². The Labute approximate surface area is 136 Å². The van der Waals surface area contributed by atoms with E-state index in [2.05, 4.69) is 0 Å². The topological polar surface area (TPSA) is 76.1 Å². The lowest BCUT2D eigenvalue weighted by Gasteiger charge is -2.21. The van der Waals surface area contributed by atoms with E-state index >= 15 is 0 Å². The first kappa shape index (κ1) is 17.3. The number of carboxylic acids is 1. The van der Waals surface area contributed by atoms with E-state index in [1.165, 1.54) is 4.90 Å². The second-order valence-corrected chi connectivity index (χ2v) is 5.70. The molecule has 1 heterocycles. The van der Waals surface area contributed by atoms with Crippen molar-refractivity contribution in [2.75, 3.05) is 20.8 Å². The molecule has 126 valence electrons. The van der Waals surface area contributed by atoms with Crippen LogP contribution in [0, 0.1) is 0 Å². The molecule has 1 saturated heterocycles. The van der Waals surface area contributed by atoms with Gasteiger partial charge in [-0.15, -0.1) is 0 Å². The first-order chi connectivity index (χ1) is 11.0. The molecule has 0 aliphatic carbocycles. The average Bonchev–Trinajstić information content (AvgIpc) is 3.00. The maximum atomic E-state index is 12.3. The highest BCUT2D eigenvalue weighted by atomic mass is 16.5. The van der Waals surface area contributed by atoms with Gasteiger partial charge in [-0.25, -0.2) is 4.79 Å². The number of carbonyl (C=O) groups is 2. The van der Waals surface area contributed by atoms with Crippen molar-refractivity contribution >= 4 is 11.9 Å². The number of carboxylic acid groups (broad SMARTS) is 1. The van der Waals surface area contributed by atoms with Crippen LogP contribution in [-0.4, -0.2) is 54.8 Å². The third kappa shape index (κ3) is 4.45. The first-order valence-electron chi connectivity index (χ1n) is 7.73. The Morgan fingerprint density at radius 3 is 2.52 bits per heavy atom. The van der Waals surface area contributed by atoms with Crippen LogP contribution in [0.5, 0.6) is 5.75 Å². The van der Waals surface area contributed by atoms with E-state index in [4.69, 9.17) is 9.47 Å². The maximum Gasteiger partial charge on any atom is 0.326 e. The lowest BCUT2D eigenvalue weighted by Crippen LogP contribution is -2.40. The van der Waals surface area contributed by atoms with E-state index in [1.807, 2.05) is 24.3 Å². The monoisotopic (exact) mass is 321 g/mol. The normalized spacial score (nSPS) is 20.5. The zero-order chi connectivity index (χ0) is 16.8. The fourth-order valence-electron chi connectivity index (χ4n) is 2.86. The minimum atomic E-state index is -0.965. The number of hydrogen-bond donors (Lipinski definition) is 1. The minimum absolute atomic E-state index is 0.120. The molecule has 6 heteroatoms. The third-order valence-corrected chi connectivity index (χ3v) is 4.22. The van der Waals surface area contributed by atoms with Crippen molar-refractivity contribution in [3.8, 4) is 5.75 Å². The van der Waals surface area contributed by atoms with Crippen LogP contribution in [0.1, 0.15) is 24.8 Å². The fourth-order valence-corrected chi connectivity index (χ4v) is 2.86. The van der Waals surface area contributed by atoms with Crippen molar-refractivity contribution in [2.45, 2.75) is 37.8 Å². The van der Waals surface area contributed by atoms with E-state index in [1.54, 1.807) is 14.2 Å². The molecule has 2 unspecified atom stereocenters. The van der Waals surface area contributed by atoms with Crippen LogP contribution in [0.25, 0.3) is 0 Å². The molecule has 1 aromatic carbocycles. The van der Waals surface area contributed by atoms with E-state index in [0.717, 1.165) is 17.7 Å². The van der Waals surface area contributed by atoms with Gasteiger partial charge < -0.3 is 19.5 Å². The summed E-state index contributed by atoms with van der Waals surface area (Å²) >= 11 is 0. The fraction of sp³-hybridized carbons (Fsp3) is 0.529. The summed E-state index contributed by atoms with van der Waals surface area (Å²) in [5.41, 5.74) is 1.13. The largest absolute Gasteiger partial charge is 0.497 e. The molecule has 1 aliphatic rings. The van der Waals surface area contributed by atoms with E-state index in [9.17, 15) is 14.7 Å². The van der Waals surface area contributed by atoms with Gasteiger partial charge in [-0.05, 0) is 30.5 Å². The SMILES string of the molecule is COc1ccc(CCCC(=O)N2CC(OC)CC2C(=O)O)cc1. The van der Waals surface area contributed by atoms with E-state index in [0.29, 0.717) is 25.8 Å². The molecule has 1 fully saturated rings. The van der Waals surface area contributed by atoms with Crippen LogP contribution < -0.4 is 4.74 Å². The number of aryl methyl sites for hydroxylation is 1. The lowest BCUT2D eigenvalue weighted by molar-refractivity contribution is -0.148. The smallest absolute Gasteiger partial charge is 0.326 e. The minimum Gasteiger partial charge on any atom is -0.497 e. The molecule has 0 bridgehead atoms. The molecule has 2 atom stereocenters. The molecule has 1 N–H and O–H groups in total. The van der Waals surface area contributed by atoms with Gasteiger partial charge in [0.05, 0.1) is 13.2 Å². The van der Waals surface area contributed by atoms with Crippen molar-refractivity contribution in [1.82, 2.24) is 4.90 Å². The van der Waals surface area contributed by atoms with Gasteiger partial charge in [0.2, 0.25) is 5.91 Å². The number of nitrogens with zero attached hydrogens (tertiary/aromatic N) is 1. The van der Waals surface area contributed by atoms with Gasteiger partial charge in [0, 0.05) is 26.5 Å². The van der Waals surface area contributed by atoms with Crippen LogP contribution >= 0.6 is 0 Å². The number of methoxy groups -OCH3 is 2. The summed E-state index contributed by atoms with van der Waals surface area (Å²) in [4.78, 5) is 25.0. The number of amides is 1. The van der Waals surface area contributed by atoms with Crippen molar-refractivity contribution in [2.24, 2.45) is 0 Å². The number of aliphatic carboxylic acids is 1. The molecule has 6 nitrogen and oxygen atoms in total. The first-order valence-corrected chi connectivity index (χ1v) is 7.73. The van der Waals surface area contributed by atoms with Gasteiger partial charge in [-0.3, -0.25) is 4.79 Å². The van der Waals surface area contributed by atoms with Gasteiger partial charge >= 0.3 is 5.97 Å². The Hall–Kier alpha value is -2.08. The highest BCUT2D eigenvalue weighted by Gasteiger charge is 2.39. The molecule has 1 aliphatic heterocycles. The average molecular weight is 321 g/mol. The van der Waals surface area contributed by atoms with Crippen LogP contribution in [0.15, 0.2) is 24.3 Å². The van der Waals surface area contributed by atoms with E-state index < -0.39 is 12.0 Å². The number of ether oxygens (including phenoxy) is 2. The summed E-state index contributed by atoms with van der Waals surface area (Å²) in [6.07, 6.45) is 1.96. The molecule has 0 saturated carbocycles. The summed E-state index contributed by atoms with van der Waals surface area (Å²) in [6.45, 7) is 0.356. The zero-order valence-corrected chi connectivity index (χ0v) is 13.5. The van der Waals surface area contributed by atoms with Gasteiger partial charge in [-0.2, -0.15) is 0 Å². The Balaban J connectivity index is 1.84. The highest BCUT2D eigenvalue weighted by Crippen LogP contribution is 2.22.